The molecule has 0 amide bonds. The van der Waals surface area contributed by atoms with E-state index in [-0.39, 0.29) is 0 Å². The standard InChI is InChI=1S/C13H25NO/c1-3-15-13-8-11(9-13)7-12(14-2)6-10-4-5-10/h10-14H,3-9H2,1-2H3. The van der Waals surface area contributed by atoms with Crippen molar-refractivity contribution in [2.75, 3.05) is 13.7 Å². The lowest BCUT2D eigenvalue weighted by Crippen LogP contribution is -2.37. The van der Waals surface area contributed by atoms with Gasteiger partial charge in [0.2, 0.25) is 0 Å². The van der Waals surface area contributed by atoms with Crippen molar-refractivity contribution in [2.24, 2.45) is 11.8 Å². The highest BCUT2D eigenvalue weighted by Crippen LogP contribution is 2.38. The molecular formula is C13H25NO. The van der Waals surface area contributed by atoms with Gasteiger partial charge in [0, 0.05) is 12.6 Å². The van der Waals surface area contributed by atoms with Crippen molar-refractivity contribution in [3.05, 3.63) is 0 Å². The Labute approximate surface area is 93.8 Å². The molecule has 0 aromatic carbocycles. The van der Waals surface area contributed by atoms with Crippen molar-refractivity contribution in [3.63, 3.8) is 0 Å². The van der Waals surface area contributed by atoms with E-state index in [1.54, 1.807) is 0 Å². The van der Waals surface area contributed by atoms with E-state index in [4.69, 9.17) is 4.74 Å². The Morgan fingerprint density at radius 1 is 1.20 bits per heavy atom. The smallest absolute Gasteiger partial charge is 0.0580 e. The average molecular weight is 211 g/mol. The van der Waals surface area contributed by atoms with Crippen LogP contribution in [0.4, 0.5) is 0 Å². The number of hydrogen-bond acceptors (Lipinski definition) is 2. The lowest BCUT2D eigenvalue weighted by atomic mass is 9.77. The predicted molar refractivity (Wildman–Crippen MR) is 62.9 cm³/mol. The maximum atomic E-state index is 5.60. The molecule has 1 N–H and O–H groups in total. The van der Waals surface area contributed by atoms with Gasteiger partial charge in [-0.25, -0.2) is 0 Å². The molecule has 2 aliphatic carbocycles. The van der Waals surface area contributed by atoms with Crippen LogP contribution < -0.4 is 5.32 Å². The summed E-state index contributed by atoms with van der Waals surface area (Å²) in [4.78, 5) is 0. The summed E-state index contributed by atoms with van der Waals surface area (Å²) in [6.45, 7) is 2.98. The first kappa shape index (κ1) is 11.4. The van der Waals surface area contributed by atoms with Gasteiger partial charge in [-0.1, -0.05) is 12.8 Å². The maximum absolute atomic E-state index is 5.60. The molecule has 2 aliphatic rings. The highest BCUT2D eigenvalue weighted by molar-refractivity contribution is 4.86. The van der Waals surface area contributed by atoms with Crippen LogP contribution >= 0.6 is 0 Å². The molecule has 15 heavy (non-hydrogen) atoms. The number of rotatable bonds is 7. The first-order valence-corrected chi connectivity index (χ1v) is 6.60. The predicted octanol–water partition coefficient (Wildman–Crippen LogP) is 2.58. The van der Waals surface area contributed by atoms with Gasteiger partial charge in [0.25, 0.3) is 0 Å². The van der Waals surface area contributed by atoms with Gasteiger partial charge in [0.05, 0.1) is 6.10 Å². The Morgan fingerprint density at radius 2 is 1.87 bits per heavy atom. The number of ether oxygens (including phenoxy) is 1. The SMILES string of the molecule is CCOC1CC(CC(CC2CC2)NC)C1. The summed E-state index contributed by atoms with van der Waals surface area (Å²) in [5, 5.41) is 3.48. The Morgan fingerprint density at radius 3 is 2.40 bits per heavy atom. The third-order valence-electron chi connectivity index (χ3n) is 3.94. The van der Waals surface area contributed by atoms with E-state index in [2.05, 4.69) is 19.3 Å². The lowest BCUT2D eigenvalue weighted by Gasteiger charge is -2.37. The van der Waals surface area contributed by atoms with E-state index in [1.807, 2.05) is 0 Å². The summed E-state index contributed by atoms with van der Waals surface area (Å²) in [7, 11) is 2.12. The molecule has 2 rings (SSSR count). The van der Waals surface area contributed by atoms with Gasteiger partial charge in [0.15, 0.2) is 0 Å². The van der Waals surface area contributed by atoms with Gasteiger partial charge >= 0.3 is 0 Å². The first-order chi connectivity index (χ1) is 7.31. The summed E-state index contributed by atoms with van der Waals surface area (Å²) in [6, 6.07) is 0.769. The van der Waals surface area contributed by atoms with Gasteiger partial charge in [0.1, 0.15) is 0 Å². The Kier molecular flexibility index (Phi) is 4.04. The van der Waals surface area contributed by atoms with Crippen molar-refractivity contribution in [3.8, 4) is 0 Å². The van der Waals surface area contributed by atoms with Gasteiger partial charge in [-0.3, -0.25) is 0 Å². The molecule has 0 spiro atoms. The molecule has 0 aromatic rings. The Hall–Kier alpha value is -0.0800. The molecule has 0 saturated heterocycles. The fourth-order valence-corrected chi connectivity index (χ4v) is 2.73. The summed E-state index contributed by atoms with van der Waals surface area (Å²) >= 11 is 0. The number of nitrogens with one attached hydrogen (secondary N) is 1. The minimum absolute atomic E-state index is 0.582. The van der Waals surface area contributed by atoms with Crippen LogP contribution in [0.1, 0.15) is 45.4 Å². The summed E-state index contributed by atoms with van der Waals surface area (Å²) in [6.07, 6.45) is 8.92. The van der Waals surface area contributed by atoms with Crippen molar-refractivity contribution in [2.45, 2.75) is 57.6 Å². The van der Waals surface area contributed by atoms with Gasteiger partial charge in [-0.2, -0.15) is 0 Å². The average Bonchev–Trinajstić information content (AvgIpc) is 2.97. The van der Waals surface area contributed by atoms with Crippen LogP contribution in [0.25, 0.3) is 0 Å². The molecule has 0 radical (unpaired) electrons. The van der Waals surface area contributed by atoms with Crippen LogP contribution in [-0.2, 0) is 4.74 Å². The van der Waals surface area contributed by atoms with E-state index in [0.717, 1.165) is 24.5 Å². The van der Waals surface area contributed by atoms with Gasteiger partial charge < -0.3 is 10.1 Å². The topological polar surface area (TPSA) is 21.3 Å². The molecule has 2 nitrogen and oxygen atoms in total. The van der Waals surface area contributed by atoms with Crippen LogP contribution in [0.5, 0.6) is 0 Å². The zero-order chi connectivity index (χ0) is 10.7. The normalized spacial score (nSPS) is 32.4. The van der Waals surface area contributed by atoms with E-state index in [0.29, 0.717) is 6.10 Å². The fraction of sp³-hybridized carbons (Fsp3) is 1.00. The fourth-order valence-electron chi connectivity index (χ4n) is 2.73. The zero-order valence-electron chi connectivity index (χ0n) is 10.2. The van der Waals surface area contributed by atoms with Crippen LogP contribution in [0.3, 0.4) is 0 Å². The number of hydrogen-bond donors (Lipinski definition) is 1. The molecule has 2 saturated carbocycles. The molecule has 2 fully saturated rings. The largest absolute Gasteiger partial charge is 0.378 e. The van der Waals surface area contributed by atoms with Crippen molar-refractivity contribution < 1.29 is 4.74 Å². The Balaban J connectivity index is 1.59. The molecular weight excluding hydrogens is 186 g/mol. The van der Waals surface area contributed by atoms with Gasteiger partial charge in [-0.05, 0) is 51.5 Å². The highest BCUT2D eigenvalue weighted by Gasteiger charge is 2.32. The second-order valence-corrected chi connectivity index (χ2v) is 5.32. The molecule has 0 heterocycles. The summed E-state index contributed by atoms with van der Waals surface area (Å²) in [5.41, 5.74) is 0. The molecule has 1 atom stereocenters. The van der Waals surface area contributed by atoms with Crippen LogP contribution in [0.15, 0.2) is 0 Å². The van der Waals surface area contributed by atoms with Crippen molar-refractivity contribution >= 4 is 0 Å². The van der Waals surface area contributed by atoms with Crippen LogP contribution in [0.2, 0.25) is 0 Å². The zero-order valence-corrected chi connectivity index (χ0v) is 10.2. The van der Waals surface area contributed by atoms with E-state index >= 15 is 0 Å². The highest BCUT2D eigenvalue weighted by atomic mass is 16.5. The second kappa shape index (κ2) is 5.31. The third-order valence-corrected chi connectivity index (χ3v) is 3.94. The van der Waals surface area contributed by atoms with Crippen molar-refractivity contribution in [1.82, 2.24) is 5.32 Å². The quantitative estimate of drug-likeness (QED) is 0.699. The summed E-state index contributed by atoms with van der Waals surface area (Å²) in [5.74, 6) is 1.97. The maximum Gasteiger partial charge on any atom is 0.0580 e. The molecule has 88 valence electrons. The summed E-state index contributed by atoms with van der Waals surface area (Å²) < 4.78 is 5.60. The van der Waals surface area contributed by atoms with E-state index in [1.165, 1.54) is 38.5 Å². The minimum Gasteiger partial charge on any atom is -0.378 e. The van der Waals surface area contributed by atoms with Crippen LogP contribution in [0, 0.1) is 11.8 Å². The molecule has 0 bridgehead atoms. The molecule has 0 aliphatic heterocycles. The monoisotopic (exact) mass is 211 g/mol. The van der Waals surface area contributed by atoms with Gasteiger partial charge in [-0.15, -0.1) is 0 Å². The first-order valence-electron chi connectivity index (χ1n) is 6.60. The van der Waals surface area contributed by atoms with Crippen molar-refractivity contribution in [1.29, 1.82) is 0 Å². The second-order valence-electron chi connectivity index (χ2n) is 5.32. The molecule has 0 aromatic heterocycles. The van der Waals surface area contributed by atoms with Crippen LogP contribution in [-0.4, -0.2) is 25.8 Å². The minimum atomic E-state index is 0.582. The molecule has 1 unspecified atom stereocenters. The lowest BCUT2D eigenvalue weighted by molar-refractivity contribution is -0.0291. The third kappa shape index (κ3) is 3.46. The Bertz CT molecular complexity index is 185. The molecule has 2 heteroatoms. The van der Waals surface area contributed by atoms with E-state index < -0.39 is 0 Å². The van der Waals surface area contributed by atoms with E-state index in [9.17, 15) is 0 Å².